The molecule has 0 bridgehead atoms. The van der Waals surface area contributed by atoms with E-state index in [9.17, 15) is 19.8 Å². The number of allylic oxidation sites excluding steroid dienone is 2. The molecule has 0 unspecified atom stereocenters. The number of hydrogen-bond acceptors (Lipinski definition) is 6. The van der Waals surface area contributed by atoms with Crippen molar-refractivity contribution in [3.05, 3.63) is 59.7 Å². The van der Waals surface area contributed by atoms with Crippen LogP contribution < -0.4 is 9.47 Å². The summed E-state index contributed by atoms with van der Waals surface area (Å²) in [4.78, 5) is 23.9. The number of carbonyl (C=O) groups is 2. The zero-order valence-electron chi connectivity index (χ0n) is 15.7. The molecule has 0 atom stereocenters. The Hall–Kier alpha value is -2.28. The minimum absolute atomic E-state index is 0. The van der Waals surface area contributed by atoms with Gasteiger partial charge in [-0.25, -0.2) is 0 Å². The van der Waals surface area contributed by atoms with E-state index in [1.54, 1.807) is 36.4 Å². The third-order valence-electron chi connectivity index (χ3n) is 3.68. The van der Waals surface area contributed by atoms with Crippen LogP contribution in [-0.2, 0) is 9.59 Å². The number of benzene rings is 2. The molecule has 2 N–H and O–H groups in total. The Labute approximate surface area is 193 Å². The predicted molar refractivity (Wildman–Crippen MR) is 108 cm³/mol. The molecule has 2 rings (SSSR count). The number of rotatable bonds is 8. The Morgan fingerprint density at radius 1 is 0.821 bits per heavy atom. The molecule has 0 aromatic heterocycles. The summed E-state index contributed by atoms with van der Waals surface area (Å²) in [5.74, 6) is -0.0832. The summed E-state index contributed by atoms with van der Waals surface area (Å²) >= 11 is 0. The number of ketones is 2. The summed E-state index contributed by atoms with van der Waals surface area (Å²) in [5.41, 5.74) is 1.33. The Morgan fingerprint density at radius 2 is 1.21 bits per heavy atom. The van der Waals surface area contributed by atoms with Gasteiger partial charge in [-0.05, 0) is 47.5 Å². The van der Waals surface area contributed by atoms with Gasteiger partial charge >= 0.3 is 0 Å². The van der Waals surface area contributed by atoms with Crippen LogP contribution in [0.3, 0.4) is 0 Å². The second-order valence-corrected chi connectivity index (χ2v) is 5.64. The van der Waals surface area contributed by atoms with Gasteiger partial charge in [-0.2, -0.15) is 0 Å². The maximum Gasteiger partial charge on any atom is 0.163 e. The molecule has 0 aliphatic carbocycles. The molecule has 2 aromatic carbocycles. The molecule has 0 saturated heterocycles. The fourth-order valence-electron chi connectivity index (χ4n) is 2.26. The van der Waals surface area contributed by atoms with Gasteiger partial charge in [-0.3, -0.25) is 9.59 Å². The van der Waals surface area contributed by atoms with E-state index in [1.807, 2.05) is 0 Å². The van der Waals surface area contributed by atoms with Gasteiger partial charge in [0.25, 0.3) is 0 Å². The Balaban J connectivity index is 0.00000392. The SMILES string of the molecule is COc1cc(/C=C/C(=O)CC(=O)/C=C/c2ccc(O)c(OC)c2)ccc1O.[Ca]. The molecule has 0 spiro atoms. The van der Waals surface area contributed by atoms with Gasteiger partial charge in [-0.15, -0.1) is 0 Å². The smallest absolute Gasteiger partial charge is 0.163 e. The molecule has 28 heavy (non-hydrogen) atoms. The van der Waals surface area contributed by atoms with Crippen LogP contribution in [0.15, 0.2) is 48.6 Å². The van der Waals surface area contributed by atoms with Crippen LogP contribution in [0.2, 0.25) is 0 Å². The maximum atomic E-state index is 11.9. The molecule has 0 aliphatic heterocycles. The molecular formula is C21H20CaO6. The minimum Gasteiger partial charge on any atom is -0.504 e. The summed E-state index contributed by atoms with van der Waals surface area (Å²) in [7, 11) is 2.87. The van der Waals surface area contributed by atoms with Crippen LogP contribution in [0.4, 0.5) is 0 Å². The molecule has 0 aliphatic rings. The number of phenols is 2. The van der Waals surface area contributed by atoms with Crippen molar-refractivity contribution in [2.45, 2.75) is 6.42 Å². The van der Waals surface area contributed by atoms with Crippen LogP contribution in [0.1, 0.15) is 17.5 Å². The van der Waals surface area contributed by atoms with Crippen molar-refractivity contribution in [2.24, 2.45) is 0 Å². The standard InChI is InChI=1S/C21H20O6.Ca/c1-26-20-11-14(5-9-18(20)24)3-7-16(22)13-17(23)8-4-15-6-10-19(25)21(12-15)27-2;/h3-12,24-25H,13H2,1-2H3;/b7-3+,8-4+;. The van der Waals surface area contributed by atoms with Gasteiger partial charge in [0.15, 0.2) is 34.6 Å². The molecule has 0 amide bonds. The van der Waals surface area contributed by atoms with Crippen LogP contribution in [0.5, 0.6) is 23.0 Å². The largest absolute Gasteiger partial charge is 0.504 e. The first-order valence-corrected chi connectivity index (χ1v) is 8.08. The van der Waals surface area contributed by atoms with Gasteiger partial charge in [0.05, 0.1) is 20.6 Å². The van der Waals surface area contributed by atoms with E-state index in [1.165, 1.54) is 38.5 Å². The van der Waals surface area contributed by atoms with Crippen molar-refractivity contribution in [3.63, 3.8) is 0 Å². The molecular weight excluding hydrogens is 388 g/mol. The zero-order chi connectivity index (χ0) is 19.8. The van der Waals surface area contributed by atoms with Gasteiger partial charge < -0.3 is 19.7 Å². The molecule has 7 heteroatoms. The van der Waals surface area contributed by atoms with Crippen molar-refractivity contribution in [3.8, 4) is 23.0 Å². The van der Waals surface area contributed by atoms with Crippen molar-refractivity contribution in [1.82, 2.24) is 0 Å². The summed E-state index contributed by atoms with van der Waals surface area (Å²) < 4.78 is 10.00. The zero-order valence-corrected chi connectivity index (χ0v) is 17.9. The first kappa shape index (κ1) is 23.8. The monoisotopic (exact) mass is 408 g/mol. The van der Waals surface area contributed by atoms with Crippen molar-refractivity contribution in [1.29, 1.82) is 0 Å². The number of ether oxygens (including phenoxy) is 2. The fourth-order valence-corrected chi connectivity index (χ4v) is 2.26. The Kier molecular flexibility index (Phi) is 9.79. The van der Waals surface area contributed by atoms with E-state index >= 15 is 0 Å². The molecule has 0 saturated carbocycles. The maximum absolute atomic E-state index is 11.9. The average Bonchev–Trinajstić information content (AvgIpc) is 2.66. The molecule has 2 aromatic rings. The molecule has 142 valence electrons. The minimum atomic E-state index is -0.347. The van der Waals surface area contributed by atoms with Crippen molar-refractivity contribution in [2.75, 3.05) is 14.2 Å². The average molecular weight is 408 g/mol. The summed E-state index contributed by atoms with van der Waals surface area (Å²) in [6, 6.07) is 9.34. The molecule has 0 fully saturated rings. The van der Waals surface area contributed by atoms with Crippen molar-refractivity contribution >= 4 is 61.5 Å². The van der Waals surface area contributed by atoms with E-state index < -0.39 is 0 Å². The summed E-state index contributed by atoms with van der Waals surface area (Å²) in [5, 5.41) is 19.1. The van der Waals surface area contributed by atoms with E-state index in [0.717, 1.165) is 0 Å². The third-order valence-corrected chi connectivity index (χ3v) is 3.68. The van der Waals surface area contributed by atoms with Crippen molar-refractivity contribution < 1.29 is 29.3 Å². The third kappa shape index (κ3) is 7.03. The molecule has 0 heterocycles. The summed E-state index contributed by atoms with van der Waals surface area (Å²) in [6.45, 7) is 0. The topological polar surface area (TPSA) is 93.1 Å². The Morgan fingerprint density at radius 3 is 1.57 bits per heavy atom. The van der Waals surface area contributed by atoms with Gasteiger partial charge in [0.2, 0.25) is 0 Å². The van der Waals surface area contributed by atoms with E-state index in [-0.39, 0.29) is 67.2 Å². The molecule has 2 radical (unpaired) electrons. The molecule has 6 nitrogen and oxygen atoms in total. The first-order valence-electron chi connectivity index (χ1n) is 8.08. The first-order chi connectivity index (χ1) is 12.9. The van der Waals surface area contributed by atoms with Gasteiger partial charge in [0.1, 0.15) is 0 Å². The van der Waals surface area contributed by atoms with Gasteiger partial charge in [0, 0.05) is 37.7 Å². The number of phenolic OH excluding ortho intramolecular Hbond substituents is 2. The Bertz CT molecular complexity index is 828. The van der Waals surface area contributed by atoms with E-state index in [4.69, 9.17) is 9.47 Å². The number of carbonyl (C=O) groups excluding carboxylic acids is 2. The van der Waals surface area contributed by atoms with Crippen LogP contribution in [0, 0.1) is 0 Å². The predicted octanol–water partition coefficient (Wildman–Crippen LogP) is 2.99. The number of aromatic hydroxyl groups is 2. The second kappa shape index (κ2) is 11.5. The normalized spacial score (nSPS) is 10.6. The fraction of sp³-hybridized carbons (Fsp3) is 0.143. The van der Waals surface area contributed by atoms with E-state index in [0.29, 0.717) is 22.6 Å². The van der Waals surface area contributed by atoms with Crippen LogP contribution in [-0.4, -0.2) is 73.7 Å². The van der Waals surface area contributed by atoms with Gasteiger partial charge in [-0.1, -0.05) is 24.3 Å². The van der Waals surface area contributed by atoms with E-state index in [2.05, 4.69) is 0 Å². The quantitative estimate of drug-likeness (QED) is 0.396. The summed E-state index contributed by atoms with van der Waals surface area (Å²) in [6.07, 6.45) is 5.44. The number of methoxy groups -OCH3 is 2. The second-order valence-electron chi connectivity index (χ2n) is 5.64. The number of hydrogen-bond donors (Lipinski definition) is 2. The van der Waals surface area contributed by atoms with Crippen LogP contribution >= 0.6 is 0 Å². The van der Waals surface area contributed by atoms with Crippen LogP contribution in [0.25, 0.3) is 12.2 Å².